The van der Waals surface area contributed by atoms with Crippen molar-refractivity contribution in [3.05, 3.63) is 155 Å². The summed E-state index contributed by atoms with van der Waals surface area (Å²) < 4.78 is 0. The number of rotatable bonds is 8. The minimum Gasteiger partial charge on any atom is -0.198 e. The number of allylic oxidation sites excluding steroid dienone is 16. The lowest BCUT2D eigenvalue weighted by molar-refractivity contribution is 0.800. The summed E-state index contributed by atoms with van der Waals surface area (Å²) in [6.07, 6.45) is 31.6. The Bertz CT molecular complexity index is 1540. The fraction of sp³-hybridized carbons (Fsp3) is 0.256. The molecular weight excluding hydrogens is 511 g/mol. The van der Waals surface area contributed by atoms with Crippen LogP contribution in [0.3, 0.4) is 0 Å². The molecule has 0 radical (unpaired) electrons. The molecule has 0 bridgehead atoms. The molecule has 4 atom stereocenters. The summed E-state index contributed by atoms with van der Waals surface area (Å²) >= 11 is 0. The van der Waals surface area contributed by atoms with Crippen molar-refractivity contribution in [2.45, 2.75) is 57.9 Å². The Kier molecular flexibility index (Phi) is 9.17. The maximum atomic E-state index is 9.67. The van der Waals surface area contributed by atoms with E-state index in [9.17, 15) is 5.26 Å². The van der Waals surface area contributed by atoms with Gasteiger partial charge in [-0.2, -0.15) is 5.26 Å². The highest BCUT2D eigenvalue weighted by atomic mass is 28.3. The maximum absolute atomic E-state index is 9.67. The third-order valence-corrected chi connectivity index (χ3v) is 14.5. The van der Waals surface area contributed by atoms with E-state index in [0.717, 1.165) is 25.7 Å². The Morgan fingerprint density at radius 1 is 1.00 bits per heavy atom. The molecule has 3 unspecified atom stereocenters. The molecule has 0 N–H and O–H groups in total. The maximum Gasteiger partial charge on any atom is 0.147 e. The average Bonchev–Trinajstić information content (AvgIpc) is 3.02. The quantitative estimate of drug-likeness (QED) is 0.237. The molecule has 2 aromatic carbocycles. The fourth-order valence-corrected chi connectivity index (χ4v) is 12.9. The van der Waals surface area contributed by atoms with Crippen LogP contribution in [0.1, 0.15) is 63.5 Å². The highest BCUT2D eigenvalue weighted by molar-refractivity contribution is 7.04. The average molecular weight is 552 g/mol. The van der Waals surface area contributed by atoms with E-state index in [2.05, 4.69) is 154 Å². The lowest BCUT2D eigenvalue weighted by Gasteiger charge is -2.45. The number of hydrogen-bond acceptors (Lipinski definition) is 1. The second-order valence-electron chi connectivity index (χ2n) is 11.5. The Morgan fingerprint density at radius 2 is 1.83 bits per heavy atom. The smallest absolute Gasteiger partial charge is 0.147 e. The van der Waals surface area contributed by atoms with Crippen molar-refractivity contribution in [2.75, 3.05) is 0 Å². The second kappa shape index (κ2) is 13.2. The standard InChI is InChI=1S/C39H41NSi/c1-4-5-8-16-31(3)41(36-19-9-6-10-20-36,37-21-11-7-12-22-37)39-24-14-13-23-38(39)34-18-15-17-33(28-34)35-26-30(2)25-32(27-35)29-40/h4-11,13-21,24,26-28,31-32,38H,12,22-23,25H2,1-3H3/b5-4-,16-8-/t31-,32?,38?,41?/m1/s1. The first-order valence-corrected chi connectivity index (χ1v) is 17.1. The summed E-state index contributed by atoms with van der Waals surface area (Å²) in [4.78, 5) is 0. The fourth-order valence-electron chi connectivity index (χ4n) is 7.02. The highest BCUT2D eigenvalue weighted by Gasteiger charge is 2.48. The molecule has 0 saturated carbocycles. The Balaban J connectivity index is 1.69. The molecule has 206 valence electrons. The van der Waals surface area contributed by atoms with Crippen LogP contribution in [0.25, 0.3) is 5.57 Å². The molecule has 5 rings (SSSR count). The van der Waals surface area contributed by atoms with Gasteiger partial charge in [0.1, 0.15) is 8.07 Å². The molecule has 2 aromatic rings. The Morgan fingerprint density at radius 3 is 2.59 bits per heavy atom. The van der Waals surface area contributed by atoms with Gasteiger partial charge in [0.05, 0.1) is 12.0 Å². The zero-order valence-electron chi connectivity index (χ0n) is 24.6. The van der Waals surface area contributed by atoms with E-state index in [-0.39, 0.29) is 5.92 Å². The first-order valence-electron chi connectivity index (χ1n) is 15.0. The van der Waals surface area contributed by atoms with Gasteiger partial charge in [-0.15, -0.1) is 0 Å². The molecule has 0 fully saturated rings. The zero-order valence-corrected chi connectivity index (χ0v) is 25.6. The Labute approximate surface area is 248 Å². The highest BCUT2D eigenvalue weighted by Crippen LogP contribution is 2.47. The van der Waals surface area contributed by atoms with Crippen LogP contribution in [-0.4, -0.2) is 8.07 Å². The molecule has 0 aliphatic heterocycles. The molecule has 3 aliphatic rings. The van der Waals surface area contributed by atoms with Gasteiger partial charge in [-0.05, 0) is 67.0 Å². The molecule has 0 aromatic heterocycles. The summed E-state index contributed by atoms with van der Waals surface area (Å²) in [5.41, 5.74) is 5.41. The van der Waals surface area contributed by atoms with Crippen LogP contribution in [0.5, 0.6) is 0 Å². The molecule has 2 heteroatoms. The van der Waals surface area contributed by atoms with E-state index in [1.807, 2.05) is 0 Å². The third kappa shape index (κ3) is 5.92. The van der Waals surface area contributed by atoms with E-state index in [1.165, 1.54) is 27.5 Å². The van der Waals surface area contributed by atoms with Crippen molar-refractivity contribution >= 4 is 18.8 Å². The van der Waals surface area contributed by atoms with Crippen LogP contribution in [0.15, 0.2) is 143 Å². The minimum absolute atomic E-state index is 0.0547. The van der Waals surface area contributed by atoms with Gasteiger partial charge in [-0.3, -0.25) is 0 Å². The molecule has 0 amide bonds. The van der Waals surface area contributed by atoms with Crippen LogP contribution in [0, 0.1) is 17.2 Å². The van der Waals surface area contributed by atoms with E-state index >= 15 is 0 Å². The normalized spacial score (nSPS) is 22.9. The van der Waals surface area contributed by atoms with E-state index in [1.54, 1.807) is 10.4 Å². The SMILES string of the molecule is C/C=C\C=C/[C@@H](C)[Si](C1=CC=CCC1)(C1=CC=CCC1c1cccc(C2=CC(C#N)CC(C)=C2)c1)c1ccccc1. The van der Waals surface area contributed by atoms with Crippen LogP contribution in [0.4, 0.5) is 0 Å². The van der Waals surface area contributed by atoms with Gasteiger partial charge in [0.15, 0.2) is 0 Å². The summed E-state index contributed by atoms with van der Waals surface area (Å²) in [5, 5.41) is 14.4. The number of hydrogen-bond donors (Lipinski definition) is 0. The van der Waals surface area contributed by atoms with Gasteiger partial charge in [0.25, 0.3) is 0 Å². The molecule has 0 spiro atoms. The summed E-state index contributed by atoms with van der Waals surface area (Å²) in [6, 6.07) is 23.0. The van der Waals surface area contributed by atoms with Crippen molar-refractivity contribution in [1.29, 1.82) is 5.26 Å². The molecule has 1 nitrogen and oxygen atoms in total. The first kappa shape index (κ1) is 28.6. The van der Waals surface area contributed by atoms with Gasteiger partial charge in [0.2, 0.25) is 0 Å². The summed E-state index contributed by atoms with van der Waals surface area (Å²) in [7, 11) is -2.42. The van der Waals surface area contributed by atoms with Gasteiger partial charge in [-0.1, -0.05) is 150 Å². The summed E-state index contributed by atoms with van der Waals surface area (Å²) in [6.45, 7) is 6.68. The molecule has 3 aliphatic carbocycles. The van der Waals surface area contributed by atoms with E-state index in [0.29, 0.717) is 11.5 Å². The number of benzene rings is 2. The van der Waals surface area contributed by atoms with E-state index in [4.69, 9.17) is 0 Å². The van der Waals surface area contributed by atoms with Crippen molar-refractivity contribution in [3.8, 4) is 6.07 Å². The first-order chi connectivity index (χ1) is 20.1. The van der Waals surface area contributed by atoms with Crippen LogP contribution in [-0.2, 0) is 0 Å². The zero-order chi connectivity index (χ0) is 28.7. The van der Waals surface area contributed by atoms with Crippen LogP contribution < -0.4 is 5.19 Å². The van der Waals surface area contributed by atoms with Crippen LogP contribution in [0.2, 0.25) is 5.54 Å². The van der Waals surface area contributed by atoms with Crippen LogP contribution >= 0.6 is 0 Å². The number of nitrogens with zero attached hydrogens (tertiary/aromatic N) is 1. The van der Waals surface area contributed by atoms with Crippen molar-refractivity contribution in [1.82, 2.24) is 0 Å². The lowest BCUT2D eigenvalue weighted by Crippen LogP contribution is -2.56. The van der Waals surface area contributed by atoms with Crippen molar-refractivity contribution < 1.29 is 0 Å². The third-order valence-electron chi connectivity index (χ3n) is 8.86. The topological polar surface area (TPSA) is 23.8 Å². The van der Waals surface area contributed by atoms with Gasteiger partial charge in [0, 0.05) is 5.92 Å². The predicted molar refractivity (Wildman–Crippen MR) is 178 cm³/mol. The largest absolute Gasteiger partial charge is 0.198 e. The van der Waals surface area contributed by atoms with Gasteiger partial charge >= 0.3 is 0 Å². The van der Waals surface area contributed by atoms with Crippen molar-refractivity contribution in [3.63, 3.8) is 0 Å². The number of nitriles is 1. The van der Waals surface area contributed by atoms with E-state index < -0.39 is 8.07 Å². The molecule has 0 heterocycles. The molecular formula is C39H41NSi. The second-order valence-corrected chi connectivity index (χ2v) is 15.9. The molecule has 0 saturated heterocycles. The Hall–Kier alpha value is -3.93. The predicted octanol–water partition coefficient (Wildman–Crippen LogP) is 9.76. The monoisotopic (exact) mass is 551 g/mol. The van der Waals surface area contributed by atoms with Crippen molar-refractivity contribution in [2.24, 2.45) is 5.92 Å². The summed E-state index contributed by atoms with van der Waals surface area (Å²) in [5.74, 6) is 0.248. The lowest BCUT2D eigenvalue weighted by atomic mass is 9.86. The van der Waals surface area contributed by atoms with Gasteiger partial charge < -0.3 is 0 Å². The minimum atomic E-state index is -2.42. The molecule has 41 heavy (non-hydrogen) atoms. The van der Waals surface area contributed by atoms with Gasteiger partial charge in [-0.25, -0.2) is 0 Å².